The maximum absolute atomic E-state index is 13.4. The predicted molar refractivity (Wildman–Crippen MR) is 88.4 cm³/mol. The Morgan fingerprint density at radius 1 is 1.04 bits per heavy atom. The van der Waals surface area contributed by atoms with Gasteiger partial charge in [-0.1, -0.05) is 12.1 Å². The number of carbonyl (C=O) groups is 1. The molecule has 2 aliphatic heterocycles. The van der Waals surface area contributed by atoms with Gasteiger partial charge in [-0.15, -0.1) is 0 Å². The number of rotatable bonds is 2. The average molecular weight is 343 g/mol. The number of fused-ring (bicyclic) bond motifs is 1. The van der Waals surface area contributed by atoms with Crippen LogP contribution in [0.4, 0.5) is 4.39 Å². The predicted octanol–water partition coefficient (Wildman–Crippen LogP) is 2.81. The molecule has 2 aliphatic rings. The molecule has 1 atom stereocenters. The maximum atomic E-state index is 13.4. The molecule has 1 unspecified atom stereocenters. The molecule has 130 valence electrons. The number of nitrogens with zero attached hydrogens (tertiary/aromatic N) is 1. The molecule has 0 bridgehead atoms. The first-order chi connectivity index (χ1) is 12.2. The van der Waals surface area contributed by atoms with Crippen molar-refractivity contribution in [2.75, 3.05) is 32.9 Å². The van der Waals surface area contributed by atoms with Crippen LogP contribution in [0, 0.1) is 5.82 Å². The lowest BCUT2D eigenvalue weighted by atomic mass is 10.1. The van der Waals surface area contributed by atoms with Crippen molar-refractivity contribution < 1.29 is 23.4 Å². The van der Waals surface area contributed by atoms with Gasteiger partial charge < -0.3 is 19.1 Å². The highest BCUT2D eigenvalue weighted by Gasteiger charge is 2.27. The fourth-order valence-electron chi connectivity index (χ4n) is 3.10. The monoisotopic (exact) mass is 343 g/mol. The van der Waals surface area contributed by atoms with Crippen molar-refractivity contribution >= 4 is 5.91 Å². The van der Waals surface area contributed by atoms with Crippen LogP contribution in [0.1, 0.15) is 22.0 Å². The number of amides is 1. The van der Waals surface area contributed by atoms with Gasteiger partial charge in [-0.25, -0.2) is 4.39 Å². The minimum absolute atomic E-state index is 0.0957. The second-order valence-electron chi connectivity index (χ2n) is 6.02. The fraction of sp³-hybridized carbons (Fsp3) is 0.316. The van der Waals surface area contributed by atoms with E-state index < -0.39 is 0 Å². The van der Waals surface area contributed by atoms with Gasteiger partial charge in [-0.05, 0) is 35.9 Å². The van der Waals surface area contributed by atoms with Crippen molar-refractivity contribution in [2.45, 2.75) is 6.10 Å². The number of benzene rings is 2. The molecule has 0 N–H and O–H groups in total. The lowest BCUT2D eigenvalue weighted by Crippen LogP contribution is -2.42. The molecule has 1 amide bonds. The summed E-state index contributed by atoms with van der Waals surface area (Å²) in [6.45, 7) is 2.29. The quantitative estimate of drug-likeness (QED) is 0.841. The van der Waals surface area contributed by atoms with E-state index in [-0.39, 0.29) is 17.8 Å². The molecule has 5 nitrogen and oxygen atoms in total. The smallest absolute Gasteiger partial charge is 0.254 e. The Morgan fingerprint density at radius 3 is 2.72 bits per heavy atom. The second kappa shape index (κ2) is 6.72. The molecule has 2 aromatic carbocycles. The molecule has 0 spiro atoms. The third kappa shape index (κ3) is 3.30. The zero-order chi connectivity index (χ0) is 17.2. The van der Waals surface area contributed by atoms with Gasteiger partial charge in [-0.2, -0.15) is 0 Å². The Bertz CT molecular complexity index is 795. The molecule has 1 fully saturated rings. The summed E-state index contributed by atoms with van der Waals surface area (Å²) in [6, 6.07) is 11.5. The van der Waals surface area contributed by atoms with Crippen molar-refractivity contribution in [1.29, 1.82) is 0 Å². The summed E-state index contributed by atoms with van der Waals surface area (Å²) in [7, 11) is 0. The van der Waals surface area contributed by atoms with Gasteiger partial charge in [0, 0.05) is 12.1 Å². The minimum Gasteiger partial charge on any atom is -0.486 e. The van der Waals surface area contributed by atoms with Crippen LogP contribution in [0.3, 0.4) is 0 Å². The standard InChI is InChI=1S/C19H18FNO4/c20-15-3-1-2-13(10-15)18-12-21(6-7-23-18)19(22)14-4-5-16-17(11-14)25-9-8-24-16/h1-5,10-11,18H,6-9,12H2. The lowest BCUT2D eigenvalue weighted by molar-refractivity contribution is -0.0229. The van der Waals surface area contributed by atoms with E-state index in [1.807, 2.05) is 6.07 Å². The van der Waals surface area contributed by atoms with Gasteiger partial charge in [0.15, 0.2) is 11.5 Å². The van der Waals surface area contributed by atoms with E-state index in [0.717, 1.165) is 5.56 Å². The summed E-state index contributed by atoms with van der Waals surface area (Å²) in [5.41, 5.74) is 1.28. The number of ether oxygens (including phenoxy) is 3. The van der Waals surface area contributed by atoms with Gasteiger partial charge in [0.1, 0.15) is 25.1 Å². The molecular formula is C19H18FNO4. The van der Waals surface area contributed by atoms with E-state index in [2.05, 4.69) is 0 Å². The molecule has 0 aliphatic carbocycles. The van der Waals surface area contributed by atoms with Crippen LogP contribution in [0.15, 0.2) is 42.5 Å². The average Bonchev–Trinajstić information content (AvgIpc) is 2.67. The fourth-order valence-corrected chi connectivity index (χ4v) is 3.10. The van der Waals surface area contributed by atoms with Crippen LogP contribution >= 0.6 is 0 Å². The van der Waals surface area contributed by atoms with Crippen molar-refractivity contribution in [3.63, 3.8) is 0 Å². The zero-order valence-corrected chi connectivity index (χ0v) is 13.6. The highest BCUT2D eigenvalue weighted by molar-refractivity contribution is 5.95. The number of hydrogen-bond acceptors (Lipinski definition) is 4. The Kier molecular flexibility index (Phi) is 4.28. The molecule has 2 aromatic rings. The van der Waals surface area contributed by atoms with Crippen LogP contribution in [-0.2, 0) is 4.74 Å². The first-order valence-electron chi connectivity index (χ1n) is 8.27. The highest BCUT2D eigenvalue weighted by Crippen LogP contribution is 2.32. The lowest BCUT2D eigenvalue weighted by Gasteiger charge is -2.33. The summed E-state index contributed by atoms with van der Waals surface area (Å²) < 4.78 is 30.2. The number of morpholine rings is 1. The number of halogens is 1. The first-order valence-corrected chi connectivity index (χ1v) is 8.27. The molecule has 0 aromatic heterocycles. The van der Waals surface area contributed by atoms with E-state index >= 15 is 0 Å². The Hall–Kier alpha value is -2.60. The van der Waals surface area contributed by atoms with Gasteiger partial charge in [-0.3, -0.25) is 4.79 Å². The molecule has 4 rings (SSSR count). The topological polar surface area (TPSA) is 48.0 Å². The summed E-state index contributed by atoms with van der Waals surface area (Å²) in [4.78, 5) is 14.6. The van der Waals surface area contributed by atoms with Crippen LogP contribution < -0.4 is 9.47 Å². The van der Waals surface area contributed by atoms with Crippen molar-refractivity contribution in [2.24, 2.45) is 0 Å². The van der Waals surface area contributed by atoms with Gasteiger partial charge in [0.2, 0.25) is 0 Å². The molecule has 6 heteroatoms. The van der Waals surface area contributed by atoms with Crippen molar-refractivity contribution in [1.82, 2.24) is 4.90 Å². The van der Waals surface area contributed by atoms with E-state index in [0.29, 0.717) is 50.0 Å². The molecule has 25 heavy (non-hydrogen) atoms. The van der Waals surface area contributed by atoms with Crippen molar-refractivity contribution in [3.05, 3.63) is 59.4 Å². The Labute approximate surface area is 144 Å². The molecule has 0 saturated carbocycles. The second-order valence-corrected chi connectivity index (χ2v) is 6.02. The van der Waals surface area contributed by atoms with Crippen LogP contribution in [0.25, 0.3) is 0 Å². The van der Waals surface area contributed by atoms with Crippen molar-refractivity contribution in [3.8, 4) is 11.5 Å². The zero-order valence-electron chi connectivity index (χ0n) is 13.6. The number of carbonyl (C=O) groups excluding carboxylic acids is 1. The Balaban J connectivity index is 1.52. The minimum atomic E-state index is -0.328. The van der Waals surface area contributed by atoms with Gasteiger partial charge in [0.05, 0.1) is 13.2 Å². The summed E-state index contributed by atoms with van der Waals surface area (Å²) in [5.74, 6) is 0.840. The third-order valence-corrected chi connectivity index (χ3v) is 4.36. The van der Waals surface area contributed by atoms with Crippen LogP contribution in [-0.4, -0.2) is 43.7 Å². The highest BCUT2D eigenvalue weighted by atomic mass is 19.1. The van der Waals surface area contributed by atoms with Crippen LogP contribution in [0.5, 0.6) is 11.5 Å². The van der Waals surface area contributed by atoms with Gasteiger partial charge in [0.25, 0.3) is 5.91 Å². The van der Waals surface area contributed by atoms with E-state index in [1.165, 1.54) is 12.1 Å². The normalized spacial score (nSPS) is 19.6. The van der Waals surface area contributed by atoms with Gasteiger partial charge >= 0.3 is 0 Å². The summed E-state index contributed by atoms with van der Waals surface area (Å²) in [5, 5.41) is 0. The largest absolute Gasteiger partial charge is 0.486 e. The molecule has 2 heterocycles. The molecule has 0 radical (unpaired) electrons. The summed E-state index contributed by atoms with van der Waals surface area (Å²) >= 11 is 0. The SMILES string of the molecule is O=C(c1ccc2c(c1)OCCO2)N1CCOC(c2cccc(F)c2)C1. The van der Waals surface area contributed by atoms with E-state index in [4.69, 9.17) is 14.2 Å². The molecular weight excluding hydrogens is 325 g/mol. The number of hydrogen-bond donors (Lipinski definition) is 0. The van der Waals surface area contributed by atoms with Crippen LogP contribution in [0.2, 0.25) is 0 Å². The Morgan fingerprint density at radius 2 is 1.88 bits per heavy atom. The van der Waals surface area contributed by atoms with E-state index in [1.54, 1.807) is 29.2 Å². The maximum Gasteiger partial charge on any atom is 0.254 e. The third-order valence-electron chi connectivity index (χ3n) is 4.36. The summed E-state index contributed by atoms with van der Waals surface area (Å²) in [6.07, 6.45) is -0.328. The first kappa shape index (κ1) is 15.9. The molecule has 1 saturated heterocycles. The van der Waals surface area contributed by atoms with E-state index in [9.17, 15) is 9.18 Å².